The second kappa shape index (κ2) is 12.8. The monoisotopic (exact) mass is 652 g/mol. The summed E-state index contributed by atoms with van der Waals surface area (Å²) in [7, 11) is -4.15. The zero-order chi connectivity index (χ0) is 30.7. The van der Waals surface area contributed by atoms with E-state index in [1.54, 1.807) is 18.2 Å². The molecule has 1 saturated carbocycles. The van der Waals surface area contributed by atoms with Gasteiger partial charge < -0.3 is 19.4 Å². The second-order valence-corrected chi connectivity index (χ2v) is 12.4. The van der Waals surface area contributed by atoms with Gasteiger partial charge in [0.25, 0.3) is 10.0 Å². The van der Waals surface area contributed by atoms with Crippen molar-refractivity contribution in [1.82, 2.24) is 3.97 Å². The predicted molar refractivity (Wildman–Crippen MR) is 152 cm³/mol. The van der Waals surface area contributed by atoms with Gasteiger partial charge in [0, 0.05) is 18.2 Å². The number of pyridine rings is 1. The largest absolute Gasteiger partial charge is 0.619 e. The van der Waals surface area contributed by atoms with Crippen LogP contribution in [0.3, 0.4) is 0 Å². The van der Waals surface area contributed by atoms with Crippen LogP contribution in [-0.4, -0.2) is 31.6 Å². The lowest BCUT2D eigenvalue weighted by Gasteiger charge is -2.22. The molecule has 0 N–H and O–H groups in total. The molecule has 0 bridgehead atoms. The van der Waals surface area contributed by atoms with E-state index in [9.17, 15) is 27.2 Å². The summed E-state index contributed by atoms with van der Waals surface area (Å²) in [6, 6.07) is 14.3. The first-order valence-electron chi connectivity index (χ1n) is 13.0. The zero-order valence-corrected chi connectivity index (χ0v) is 24.6. The average Bonchev–Trinajstić information content (AvgIpc) is 3.65. The van der Waals surface area contributed by atoms with Crippen molar-refractivity contribution in [3.8, 4) is 11.5 Å². The van der Waals surface area contributed by atoms with Gasteiger partial charge in [-0.2, -0.15) is 13.5 Å². The van der Waals surface area contributed by atoms with Gasteiger partial charge in [-0.15, -0.1) is 0 Å². The Balaban J connectivity index is 1.52. The van der Waals surface area contributed by atoms with Gasteiger partial charge in [0.15, 0.2) is 23.9 Å². The maximum atomic E-state index is 13.5. The summed E-state index contributed by atoms with van der Waals surface area (Å²) >= 11 is 12.6. The minimum Gasteiger partial charge on any atom is -0.619 e. The highest BCUT2D eigenvalue weighted by Gasteiger charge is 2.29. The lowest BCUT2D eigenvalue weighted by Crippen LogP contribution is -2.26. The number of carbonyl (C=O) groups excluding carboxylic acids is 1. The van der Waals surface area contributed by atoms with Crippen molar-refractivity contribution in [2.75, 3.05) is 6.61 Å². The van der Waals surface area contributed by atoms with Crippen LogP contribution < -0.4 is 14.2 Å². The number of aromatic nitrogens is 2. The lowest BCUT2D eigenvalue weighted by molar-refractivity contribution is -0.605. The first-order chi connectivity index (χ1) is 20.5. The molecule has 1 atom stereocenters. The summed E-state index contributed by atoms with van der Waals surface area (Å²) in [4.78, 5) is 13.5. The van der Waals surface area contributed by atoms with Crippen molar-refractivity contribution >= 4 is 39.2 Å². The van der Waals surface area contributed by atoms with E-state index in [1.165, 1.54) is 48.7 Å². The molecule has 1 aliphatic rings. The third kappa shape index (κ3) is 7.20. The predicted octanol–water partition coefficient (Wildman–Crippen LogP) is 6.20. The third-order valence-electron chi connectivity index (χ3n) is 6.65. The van der Waals surface area contributed by atoms with Crippen LogP contribution >= 0.6 is 23.2 Å². The van der Waals surface area contributed by atoms with Crippen molar-refractivity contribution in [2.45, 2.75) is 36.9 Å². The number of ether oxygens (including phenoxy) is 3. The van der Waals surface area contributed by atoms with Gasteiger partial charge in [0.2, 0.25) is 0 Å². The smallest absolute Gasteiger partial charge is 0.387 e. The number of alkyl halides is 2. The number of nitrogens with zero attached hydrogens (tertiary/aromatic N) is 2. The van der Waals surface area contributed by atoms with E-state index in [0.29, 0.717) is 4.73 Å². The molecule has 0 spiro atoms. The summed E-state index contributed by atoms with van der Waals surface area (Å²) in [6.07, 6.45) is 3.91. The quantitative estimate of drug-likeness (QED) is 0.102. The Labute approximate surface area is 255 Å². The first-order valence-corrected chi connectivity index (χ1v) is 15.2. The van der Waals surface area contributed by atoms with Gasteiger partial charge in [0.05, 0.1) is 11.5 Å². The van der Waals surface area contributed by atoms with E-state index in [1.807, 2.05) is 0 Å². The van der Waals surface area contributed by atoms with Crippen LogP contribution in [0.25, 0.3) is 0 Å². The topological polar surface area (TPSA) is 111 Å². The number of halogens is 4. The van der Waals surface area contributed by atoms with Crippen molar-refractivity contribution in [3.05, 3.63) is 111 Å². The Morgan fingerprint density at radius 3 is 2.37 bits per heavy atom. The standard InChI is InChI=1S/C29H24Cl2F2N2O7S/c30-22-15-34(37)16-23(31)21(22)14-26(19-10-11-25(42-29(32)33)27(13-19)40-17-18-8-9-18)41-28(36)24-7-4-12-35(24)43(38,39)20-5-2-1-3-6-20/h1-7,10-13,15-16,18,26,29H,8-9,14,17H2. The normalized spacial score (nSPS) is 14.0. The van der Waals surface area contributed by atoms with Crippen molar-refractivity contribution in [1.29, 1.82) is 0 Å². The molecule has 5 rings (SSSR count). The van der Waals surface area contributed by atoms with E-state index in [2.05, 4.69) is 4.74 Å². The molecule has 9 nitrogen and oxygen atoms in total. The van der Waals surface area contributed by atoms with Crippen LogP contribution in [-0.2, 0) is 21.2 Å². The van der Waals surface area contributed by atoms with Crippen LogP contribution in [0, 0.1) is 11.1 Å². The maximum Gasteiger partial charge on any atom is 0.387 e. The zero-order valence-electron chi connectivity index (χ0n) is 22.2. The van der Waals surface area contributed by atoms with Gasteiger partial charge in [0.1, 0.15) is 21.8 Å². The molecule has 1 fully saturated rings. The van der Waals surface area contributed by atoms with Crippen molar-refractivity contribution in [2.24, 2.45) is 5.92 Å². The van der Waals surface area contributed by atoms with Crippen molar-refractivity contribution in [3.63, 3.8) is 0 Å². The van der Waals surface area contributed by atoms with Gasteiger partial charge in [-0.25, -0.2) is 17.2 Å². The van der Waals surface area contributed by atoms with Crippen molar-refractivity contribution < 1.29 is 40.9 Å². The van der Waals surface area contributed by atoms with Crippen LogP contribution in [0.2, 0.25) is 10.0 Å². The number of esters is 1. The second-order valence-electron chi connectivity index (χ2n) is 9.74. The number of carbonyl (C=O) groups is 1. The summed E-state index contributed by atoms with van der Waals surface area (Å²) in [5, 5.41) is 11.8. The summed E-state index contributed by atoms with van der Waals surface area (Å²) in [5.41, 5.74) is 0.254. The average molecular weight is 653 g/mol. The van der Waals surface area contributed by atoms with Crippen LogP contribution in [0.4, 0.5) is 8.78 Å². The Morgan fingerprint density at radius 1 is 1.02 bits per heavy atom. The van der Waals surface area contributed by atoms with Gasteiger partial charge >= 0.3 is 12.6 Å². The highest BCUT2D eigenvalue weighted by molar-refractivity contribution is 7.90. The fraction of sp³-hybridized carbons (Fsp3) is 0.241. The molecule has 0 radical (unpaired) electrons. The number of benzene rings is 2. The Morgan fingerprint density at radius 2 is 1.72 bits per heavy atom. The van der Waals surface area contributed by atoms with E-state index >= 15 is 0 Å². The van der Waals surface area contributed by atoms with E-state index in [-0.39, 0.29) is 62.2 Å². The molecule has 2 heterocycles. The fourth-order valence-corrected chi connectivity index (χ4v) is 6.24. The molecule has 4 aromatic rings. The van der Waals surface area contributed by atoms with E-state index < -0.39 is 28.7 Å². The Hall–Kier alpha value is -3.87. The molecular weight excluding hydrogens is 629 g/mol. The molecule has 2 aromatic heterocycles. The molecule has 0 saturated heterocycles. The molecule has 0 aliphatic heterocycles. The van der Waals surface area contributed by atoms with Crippen LogP contribution in [0.1, 0.15) is 40.6 Å². The molecular formula is C29H24Cl2F2N2O7S. The van der Waals surface area contributed by atoms with Gasteiger partial charge in [-0.3, -0.25) is 0 Å². The minimum absolute atomic E-state index is 0.00318. The first kappa shape index (κ1) is 30.6. The summed E-state index contributed by atoms with van der Waals surface area (Å²) in [6.45, 7) is -2.83. The third-order valence-corrected chi connectivity index (χ3v) is 9.00. The molecule has 1 unspecified atom stereocenters. The summed E-state index contributed by atoms with van der Waals surface area (Å²) < 4.78 is 70.2. The fourth-order valence-electron chi connectivity index (χ4n) is 4.29. The highest BCUT2D eigenvalue weighted by atomic mass is 35.5. The Kier molecular flexibility index (Phi) is 9.09. The molecule has 0 amide bonds. The SMILES string of the molecule is O=C(OC(Cc1c(Cl)c[n+]([O-])cc1Cl)c1ccc(OC(F)F)c(OCC2CC2)c1)c1cccn1S(=O)(=O)c1ccccc1. The molecule has 43 heavy (non-hydrogen) atoms. The van der Waals surface area contributed by atoms with E-state index in [4.69, 9.17) is 32.7 Å². The van der Waals surface area contributed by atoms with E-state index in [0.717, 1.165) is 29.2 Å². The maximum absolute atomic E-state index is 13.5. The molecule has 1 aliphatic carbocycles. The number of hydrogen-bond donors (Lipinski definition) is 0. The Bertz CT molecular complexity index is 1710. The highest BCUT2D eigenvalue weighted by Crippen LogP contribution is 2.38. The van der Waals surface area contributed by atoms with Gasteiger partial charge in [-0.05, 0) is 60.7 Å². The lowest BCUT2D eigenvalue weighted by atomic mass is 10.0. The summed E-state index contributed by atoms with van der Waals surface area (Å²) in [5.74, 6) is -0.930. The minimum atomic E-state index is -4.15. The molecule has 2 aromatic carbocycles. The number of rotatable bonds is 12. The number of hydrogen-bond acceptors (Lipinski definition) is 7. The molecule has 226 valence electrons. The van der Waals surface area contributed by atoms with Crippen LogP contribution in [0.5, 0.6) is 11.5 Å². The molecule has 14 heteroatoms. The van der Waals surface area contributed by atoms with Gasteiger partial charge in [-0.1, -0.05) is 47.5 Å². The van der Waals surface area contributed by atoms with Crippen LogP contribution in [0.15, 0.2) is 84.1 Å².